The lowest BCUT2D eigenvalue weighted by Gasteiger charge is -2.24. The first-order chi connectivity index (χ1) is 8.61. The van der Waals surface area contributed by atoms with E-state index in [-0.39, 0.29) is 0 Å². The van der Waals surface area contributed by atoms with Crippen LogP contribution in [0.25, 0.3) is 0 Å². The molecule has 3 heteroatoms. The highest BCUT2D eigenvalue weighted by atomic mass is 16.5. The van der Waals surface area contributed by atoms with E-state index in [1.54, 1.807) is 7.11 Å². The van der Waals surface area contributed by atoms with Crippen LogP contribution in [0, 0.1) is 13.8 Å². The van der Waals surface area contributed by atoms with Crippen molar-refractivity contribution in [1.29, 1.82) is 0 Å². The van der Waals surface area contributed by atoms with E-state index >= 15 is 0 Å². The zero-order valence-corrected chi connectivity index (χ0v) is 11.9. The number of benzene rings is 1. The van der Waals surface area contributed by atoms with E-state index in [1.807, 2.05) is 0 Å². The van der Waals surface area contributed by atoms with Gasteiger partial charge in [0.25, 0.3) is 0 Å². The van der Waals surface area contributed by atoms with E-state index < -0.39 is 0 Å². The molecule has 3 nitrogen and oxygen atoms in total. The molecule has 0 radical (unpaired) electrons. The molecule has 1 N–H and O–H groups in total. The second kappa shape index (κ2) is 5.72. The average molecular weight is 248 g/mol. The molecule has 1 fully saturated rings. The first-order valence-corrected chi connectivity index (χ1v) is 6.67. The van der Waals surface area contributed by atoms with Crippen molar-refractivity contribution >= 4 is 0 Å². The predicted molar refractivity (Wildman–Crippen MR) is 75.2 cm³/mol. The van der Waals surface area contributed by atoms with Crippen LogP contribution in [-0.2, 0) is 6.54 Å². The molecule has 0 bridgehead atoms. The van der Waals surface area contributed by atoms with Crippen LogP contribution in [0.3, 0.4) is 0 Å². The molecule has 1 saturated heterocycles. The second-order valence-corrected chi connectivity index (χ2v) is 5.32. The van der Waals surface area contributed by atoms with Crippen LogP contribution in [0.2, 0.25) is 0 Å². The van der Waals surface area contributed by atoms with Gasteiger partial charge >= 0.3 is 0 Å². The molecule has 0 amide bonds. The van der Waals surface area contributed by atoms with Gasteiger partial charge < -0.3 is 10.1 Å². The average Bonchev–Trinajstić information content (AvgIpc) is 2.81. The third-order valence-corrected chi connectivity index (χ3v) is 3.81. The summed E-state index contributed by atoms with van der Waals surface area (Å²) in [4.78, 5) is 2.45. The minimum atomic E-state index is 0.674. The van der Waals surface area contributed by atoms with Crippen molar-refractivity contribution in [1.82, 2.24) is 10.2 Å². The summed E-state index contributed by atoms with van der Waals surface area (Å²) in [5.74, 6) is 1.02. The summed E-state index contributed by atoms with van der Waals surface area (Å²) in [6.07, 6.45) is 1.25. The minimum absolute atomic E-state index is 0.674. The van der Waals surface area contributed by atoms with Crippen molar-refractivity contribution < 1.29 is 4.74 Å². The number of methoxy groups -OCH3 is 1. The molecule has 18 heavy (non-hydrogen) atoms. The maximum absolute atomic E-state index is 5.41. The Balaban J connectivity index is 2.09. The van der Waals surface area contributed by atoms with E-state index in [0.717, 1.165) is 25.4 Å². The van der Waals surface area contributed by atoms with Crippen LogP contribution in [0.4, 0.5) is 0 Å². The number of hydrogen-bond donors (Lipinski definition) is 1. The van der Waals surface area contributed by atoms with Gasteiger partial charge in [-0.15, -0.1) is 0 Å². The van der Waals surface area contributed by atoms with E-state index in [2.05, 4.69) is 43.2 Å². The Morgan fingerprint density at radius 2 is 2.00 bits per heavy atom. The van der Waals surface area contributed by atoms with Crippen molar-refractivity contribution in [2.24, 2.45) is 0 Å². The van der Waals surface area contributed by atoms with Gasteiger partial charge in [-0.05, 0) is 50.6 Å². The number of hydrogen-bond acceptors (Lipinski definition) is 3. The fourth-order valence-corrected chi connectivity index (χ4v) is 2.89. The molecule has 1 aliphatic heterocycles. The first kappa shape index (κ1) is 13.4. The smallest absolute Gasteiger partial charge is 0.124 e. The van der Waals surface area contributed by atoms with Crippen molar-refractivity contribution in [2.75, 3.05) is 27.2 Å². The van der Waals surface area contributed by atoms with E-state index in [4.69, 9.17) is 4.74 Å². The maximum atomic E-state index is 5.41. The Labute approximate surface area is 110 Å². The quantitative estimate of drug-likeness (QED) is 0.883. The standard InChI is InChI=1S/C15H24N2O/c1-11-7-13(8-12(2)15(11)18-4)10-17(3)14-5-6-16-9-14/h7-8,14,16H,5-6,9-10H2,1-4H3. The molecule has 1 aromatic rings. The summed E-state index contributed by atoms with van der Waals surface area (Å²) in [5, 5.41) is 3.42. The van der Waals surface area contributed by atoms with Gasteiger partial charge in [-0.2, -0.15) is 0 Å². The molecule has 0 saturated carbocycles. The Hall–Kier alpha value is -1.06. The van der Waals surface area contributed by atoms with Gasteiger partial charge in [-0.1, -0.05) is 12.1 Å². The molecule has 2 rings (SSSR count). The van der Waals surface area contributed by atoms with Gasteiger partial charge in [0, 0.05) is 19.1 Å². The maximum Gasteiger partial charge on any atom is 0.124 e. The first-order valence-electron chi connectivity index (χ1n) is 6.67. The largest absolute Gasteiger partial charge is 0.496 e. The molecular weight excluding hydrogens is 224 g/mol. The van der Waals surface area contributed by atoms with Crippen molar-refractivity contribution in [3.8, 4) is 5.75 Å². The van der Waals surface area contributed by atoms with E-state index in [0.29, 0.717) is 6.04 Å². The van der Waals surface area contributed by atoms with Crippen molar-refractivity contribution in [2.45, 2.75) is 32.9 Å². The number of rotatable bonds is 4. The highest BCUT2D eigenvalue weighted by molar-refractivity contribution is 5.43. The summed E-state index contributed by atoms with van der Waals surface area (Å²) < 4.78 is 5.41. The third-order valence-electron chi connectivity index (χ3n) is 3.81. The SMILES string of the molecule is COc1c(C)cc(CN(C)C2CCNC2)cc1C. The van der Waals surface area contributed by atoms with Crippen LogP contribution in [0.5, 0.6) is 5.75 Å². The summed E-state index contributed by atoms with van der Waals surface area (Å²) in [7, 11) is 3.96. The summed E-state index contributed by atoms with van der Waals surface area (Å²) in [6, 6.07) is 5.16. The van der Waals surface area contributed by atoms with Crippen LogP contribution < -0.4 is 10.1 Å². The Morgan fingerprint density at radius 3 is 2.50 bits per heavy atom. The molecule has 1 aliphatic rings. The third kappa shape index (κ3) is 2.85. The lowest BCUT2D eigenvalue weighted by atomic mass is 10.0. The second-order valence-electron chi connectivity index (χ2n) is 5.32. The molecule has 0 aliphatic carbocycles. The molecule has 100 valence electrons. The van der Waals surface area contributed by atoms with Gasteiger partial charge in [-0.3, -0.25) is 4.90 Å². The van der Waals surface area contributed by atoms with Gasteiger partial charge in [0.15, 0.2) is 0 Å². The Bertz CT molecular complexity index is 388. The van der Waals surface area contributed by atoms with Crippen molar-refractivity contribution in [3.63, 3.8) is 0 Å². The zero-order chi connectivity index (χ0) is 13.1. The molecule has 1 heterocycles. The fraction of sp³-hybridized carbons (Fsp3) is 0.600. The highest BCUT2D eigenvalue weighted by Crippen LogP contribution is 2.25. The highest BCUT2D eigenvalue weighted by Gasteiger charge is 2.19. The zero-order valence-electron chi connectivity index (χ0n) is 11.9. The number of aryl methyl sites for hydroxylation is 2. The molecule has 0 spiro atoms. The van der Waals surface area contributed by atoms with Crippen molar-refractivity contribution in [3.05, 3.63) is 28.8 Å². The van der Waals surface area contributed by atoms with E-state index in [1.165, 1.54) is 23.1 Å². The Kier molecular flexibility index (Phi) is 4.25. The molecule has 0 aromatic heterocycles. The normalized spacial score (nSPS) is 19.5. The summed E-state index contributed by atoms with van der Waals surface area (Å²) in [5.41, 5.74) is 3.83. The van der Waals surface area contributed by atoms with E-state index in [9.17, 15) is 0 Å². The van der Waals surface area contributed by atoms with Crippen LogP contribution in [0.1, 0.15) is 23.1 Å². The number of nitrogens with one attached hydrogen (secondary N) is 1. The van der Waals surface area contributed by atoms with Gasteiger partial charge in [0.1, 0.15) is 5.75 Å². The summed E-state index contributed by atoms with van der Waals surface area (Å²) in [6.45, 7) is 7.51. The summed E-state index contributed by atoms with van der Waals surface area (Å²) >= 11 is 0. The van der Waals surface area contributed by atoms with Gasteiger partial charge in [0.05, 0.1) is 7.11 Å². The lowest BCUT2D eigenvalue weighted by molar-refractivity contribution is 0.248. The fourth-order valence-electron chi connectivity index (χ4n) is 2.89. The van der Waals surface area contributed by atoms with Gasteiger partial charge in [-0.25, -0.2) is 0 Å². The topological polar surface area (TPSA) is 24.5 Å². The molecule has 1 aromatic carbocycles. The van der Waals surface area contributed by atoms with Crippen LogP contribution >= 0.6 is 0 Å². The van der Waals surface area contributed by atoms with Crippen LogP contribution in [0.15, 0.2) is 12.1 Å². The lowest BCUT2D eigenvalue weighted by Crippen LogP contribution is -2.32. The number of likely N-dealkylation sites (N-methyl/N-ethyl adjacent to an activating group) is 1. The number of nitrogens with zero attached hydrogens (tertiary/aromatic N) is 1. The Morgan fingerprint density at radius 1 is 1.33 bits per heavy atom. The van der Waals surface area contributed by atoms with Gasteiger partial charge in [0.2, 0.25) is 0 Å². The number of ether oxygens (including phenoxy) is 1. The molecular formula is C15H24N2O. The van der Waals surface area contributed by atoms with Crippen LogP contribution in [-0.4, -0.2) is 38.2 Å². The molecule has 1 unspecified atom stereocenters. The monoisotopic (exact) mass is 248 g/mol. The predicted octanol–water partition coefficient (Wildman–Crippen LogP) is 2.11. The minimum Gasteiger partial charge on any atom is -0.496 e. The molecule has 1 atom stereocenters.